The molecule has 140 valence electrons. The topological polar surface area (TPSA) is 91.5 Å². The molecular formula is C19H16ClN7O. The Balaban J connectivity index is 1.51. The Morgan fingerprint density at radius 1 is 1.04 bits per heavy atom. The molecule has 0 spiro atoms. The average molecular weight is 394 g/mol. The molecule has 0 aliphatic rings. The van der Waals surface area contributed by atoms with Gasteiger partial charge in [-0.05, 0) is 34.5 Å². The number of benzene rings is 1. The number of pyridine rings is 1. The van der Waals surface area contributed by atoms with Crippen molar-refractivity contribution in [2.45, 2.75) is 20.0 Å². The summed E-state index contributed by atoms with van der Waals surface area (Å²) < 4.78 is 7.23. The fourth-order valence-electron chi connectivity index (χ4n) is 2.62. The SMILES string of the molecule is CCc1ccnc(-n2nnnc2COc2cc(Cl)c(-c3ccccc3)nn2)c1. The highest BCUT2D eigenvalue weighted by Crippen LogP contribution is 2.27. The standard InChI is InChI=1S/C19H16ClN7O/c1-2-13-8-9-21-16(10-13)27-17(22-25-26-27)12-28-18-11-15(20)19(24-23-18)14-6-4-3-5-7-14/h3-11H,2,12H2,1H3. The molecule has 0 saturated carbocycles. The van der Waals surface area contributed by atoms with Crippen molar-refractivity contribution in [1.29, 1.82) is 0 Å². The number of aromatic nitrogens is 7. The van der Waals surface area contributed by atoms with Crippen molar-refractivity contribution in [2.75, 3.05) is 0 Å². The van der Waals surface area contributed by atoms with Crippen LogP contribution in [0.2, 0.25) is 5.02 Å². The van der Waals surface area contributed by atoms with Gasteiger partial charge in [-0.2, -0.15) is 4.68 Å². The van der Waals surface area contributed by atoms with E-state index < -0.39 is 0 Å². The first kappa shape index (κ1) is 18.0. The van der Waals surface area contributed by atoms with E-state index in [4.69, 9.17) is 16.3 Å². The zero-order valence-electron chi connectivity index (χ0n) is 15.0. The summed E-state index contributed by atoms with van der Waals surface area (Å²) in [7, 11) is 0. The van der Waals surface area contributed by atoms with E-state index in [-0.39, 0.29) is 12.5 Å². The summed E-state index contributed by atoms with van der Waals surface area (Å²) in [5.74, 6) is 1.41. The maximum Gasteiger partial charge on any atom is 0.235 e. The smallest absolute Gasteiger partial charge is 0.235 e. The zero-order chi connectivity index (χ0) is 19.3. The molecule has 0 N–H and O–H groups in total. The number of ether oxygens (including phenoxy) is 1. The van der Waals surface area contributed by atoms with Crippen LogP contribution in [0.4, 0.5) is 0 Å². The molecule has 3 heterocycles. The van der Waals surface area contributed by atoms with Crippen molar-refractivity contribution in [3.05, 3.63) is 71.1 Å². The summed E-state index contributed by atoms with van der Waals surface area (Å²) in [6, 6.07) is 15.1. The van der Waals surface area contributed by atoms with E-state index >= 15 is 0 Å². The number of halogens is 1. The summed E-state index contributed by atoms with van der Waals surface area (Å²) in [6.45, 7) is 2.17. The summed E-state index contributed by atoms with van der Waals surface area (Å²) in [6.07, 6.45) is 2.62. The van der Waals surface area contributed by atoms with Crippen LogP contribution in [0.3, 0.4) is 0 Å². The molecule has 9 heteroatoms. The lowest BCUT2D eigenvalue weighted by Gasteiger charge is -2.08. The monoisotopic (exact) mass is 393 g/mol. The van der Waals surface area contributed by atoms with Crippen molar-refractivity contribution in [3.8, 4) is 23.0 Å². The Hall–Kier alpha value is -3.39. The molecule has 4 rings (SSSR count). The van der Waals surface area contributed by atoms with Crippen LogP contribution in [-0.2, 0) is 13.0 Å². The van der Waals surface area contributed by atoms with Gasteiger partial charge in [0.2, 0.25) is 5.88 Å². The van der Waals surface area contributed by atoms with Crippen molar-refractivity contribution in [2.24, 2.45) is 0 Å². The number of hydrogen-bond acceptors (Lipinski definition) is 7. The highest BCUT2D eigenvalue weighted by molar-refractivity contribution is 6.33. The van der Waals surface area contributed by atoms with Gasteiger partial charge in [-0.15, -0.1) is 15.3 Å². The van der Waals surface area contributed by atoms with Gasteiger partial charge in [0, 0.05) is 17.8 Å². The molecule has 0 aliphatic carbocycles. The third kappa shape index (κ3) is 3.81. The minimum atomic E-state index is 0.0979. The molecule has 8 nitrogen and oxygen atoms in total. The molecule has 0 amide bonds. The van der Waals surface area contributed by atoms with Gasteiger partial charge >= 0.3 is 0 Å². The van der Waals surface area contributed by atoms with Crippen molar-refractivity contribution >= 4 is 11.6 Å². The fraction of sp³-hybridized carbons (Fsp3) is 0.158. The maximum absolute atomic E-state index is 6.35. The largest absolute Gasteiger partial charge is 0.468 e. The first-order valence-electron chi connectivity index (χ1n) is 8.68. The van der Waals surface area contributed by atoms with Crippen molar-refractivity contribution < 1.29 is 4.74 Å². The molecule has 0 radical (unpaired) electrons. The van der Waals surface area contributed by atoms with E-state index in [2.05, 4.69) is 37.6 Å². The van der Waals surface area contributed by atoms with Gasteiger partial charge in [0.05, 0.1) is 5.02 Å². The Kier molecular flexibility index (Phi) is 5.20. The fourth-order valence-corrected chi connectivity index (χ4v) is 2.86. The van der Waals surface area contributed by atoms with Crippen LogP contribution in [0.5, 0.6) is 5.88 Å². The third-order valence-electron chi connectivity index (χ3n) is 4.09. The van der Waals surface area contributed by atoms with E-state index in [1.165, 1.54) is 4.68 Å². The van der Waals surface area contributed by atoms with Crippen LogP contribution in [0.1, 0.15) is 18.3 Å². The Morgan fingerprint density at radius 2 is 1.89 bits per heavy atom. The molecule has 0 unspecified atom stereocenters. The van der Waals surface area contributed by atoms with Crippen LogP contribution in [0.25, 0.3) is 17.1 Å². The maximum atomic E-state index is 6.35. The summed E-state index contributed by atoms with van der Waals surface area (Å²) in [4.78, 5) is 4.32. The molecule has 0 atom stereocenters. The lowest BCUT2D eigenvalue weighted by atomic mass is 10.1. The van der Waals surface area contributed by atoms with Gasteiger partial charge in [-0.25, -0.2) is 4.98 Å². The lowest BCUT2D eigenvalue weighted by molar-refractivity contribution is 0.277. The lowest BCUT2D eigenvalue weighted by Crippen LogP contribution is -2.09. The van der Waals surface area contributed by atoms with Gasteiger partial charge < -0.3 is 4.74 Å². The van der Waals surface area contributed by atoms with E-state index in [0.29, 0.717) is 22.4 Å². The average Bonchev–Trinajstić information content (AvgIpc) is 3.22. The normalized spacial score (nSPS) is 10.8. The van der Waals surface area contributed by atoms with Gasteiger partial charge in [0.25, 0.3) is 0 Å². The predicted octanol–water partition coefficient (Wildman–Crippen LogP) is 3.31. The van der Waals surface area contributed by atoms with Crippen LogP contribution >= 0.6 is 11.6 Å². The molecule has 0 fully saturated rings. The van der Waals surface area contributed by atoms with Gasteiger partial charge in [0.15, 0.2) is 18.2 Å². The van der Waals surface area contributed by atoms with E-state index in [0.717, 1.165) is 17.5 Å². The Labute approximate surface area is 166 Å². The molecule has 0 saturated heterocycles. The highest BCUT2D eigenvalue weighted by atomic mass is 35.5. The van der Waals surface area contributed by atoms with Crippen LogP contribution in [0.15, 0.2) is 54.7 Å². The second-order valence-electron chi connectivity index (χ2n) is 5.92. The van der Waals surface area contributed by atoms with Crippen molar-refractivity contribution in [3.63, 3.8) is 0 Å². The number of tetrazole rings is 1. The molecule has 28 heavy (non-hydrogen) atoms. The number of rotatable bonds is 6. The van der Waals surface area contributed by atoms with Crippen LogP contribution in [-0.4, -0.2) is 35.4 Å². The molecule has 0 aliphatic heterocycles. The minimum absolute atomic E-state index is 0.0979. The van der Waals surface area contributed by atoms with E-state index in [9.17, 15) is 0 Å². The van der Waals surface area contributed by atoms with Gasteiger partial charge in [-0.3, -0.25) is 0 Å². The Bertz CT molecular complexity index is 1080. The van der Waals surface area contributed by atoms with Crippen LogP contribution < -0.4 is 4.74 Å². The predicted molar refractivity (Wildman–Crippen MR) is 103 cm³/mol. The molecule has 3 aromatic heterocycles. The molecule has 4 aromatic rings. The number of aryl methyl sites for hydroxylation is 1. The summed E-state index contributed by atoms with van der Waals surface area (Å²) in [5.41, 5.74) is 2.62. The second kappa shape index (κ2) is 8.10. The first-order valence-corrected chi connectivity index (χ1v) is 9.06. The quantitative estimate of drug-likeness (QED) is 0.496. The molecule has 0 bridgehead atoms. The third-order valence-corrected chi connectivity index (χ3v) is 4.38. The van der Waals surface area contributed by atoms with Crippen LogP contribution in [0, 0.1) is 0 Å². The second-order valence-corrected chi connectivity index (χ2v) is 6.32. The van der Waals surface area contributed by atoms with Gasteiger partial charge in [0.1, 0.15) is 5.69 Å². The zero-order valence-corrected chi connectivity index (χ0v) is 15.8. The first-order chi connectivity index (χ1) is 13.7. The van der Waals surface area contributed by atoms with E-state index in [1.807, 2.05) is 42.5 Å². The van der Waals surface area contributed by atoms with E-state index in [1.54, 1.807) is 12.3 Å². The van der Waals surface area contributed by atoms with Crippen molar-refractivity contribution in [1.82, 2.24) is 35.4 Å². The summed E-state index contributed by atoms with van der Waals surface area (Å²) >= 11 is 6.35. The number of nitrogens with zero attached hydrogens (tertiary/aromatic N) is 7. The van der Waals surface area contributed by atoms with Gasteiger partial charge in [-0.1, -0.05) is 48.9 Å². The minimum Gasteiger partial charge on any atom is -0.468 e. The molecular weight excluding hydrogens is 378 g/mol. The highest BCUT2D eigenvalue weighted by Gasteiger charge is 2.13. The Morgan fingerprint density at radius 3 is 2.68 bits per heavy atom. The summed E-state index contributed by atoms with van der Waals surface area (Å²) in [5, 5.41) is 20.4. The molecule has 1 aromatic carbocycles. The number of hydrogen-bond donors (Lipinski definition) is 0.